The van der Waals surface area contributed by atoms with Crippen LogP contribution in [-0.4, -0.2) is 25.0 Å². The highest BCUT2D eigenvalue weighted by atomic mass is 16.7. The predicted molar refractivity (Wildman–Crippen MR) is 80.9 cm³/mol. The standard InChI is InChI=1S/C15H19B2NO2/c1-14(2)15(3,4)20-17(19-14)13-6-5-11-8-16(10-18)9-12(11)7-13/h5-7H,8-9H2,1-4H3. The van der Waals surface area contributed by atoms with Crippen LogP contribution >= 0.6 is 0 Å². The molecule has 5 heteroatoms. The number of hydrogen-bond acceptors (Lipinski definition) is 3. The topological polar surface area (TPSA) is 42.2 Å². The molecule has 1 aromatic carbocycles. The van der Waals surface area contributed by atoms with Gasteiger partial charge in [-0.2, -0.15) is 0 Å². The van der Waals surface area contributed by atoms with E-state index >= 15 is 0 Å². The van der Waals surface area contributed by atoms with Crippen molar-refractivity contribution >= 4 is 19.3 Å². The summed E-state index contributed by atoms with van der Waals surface area (Å²) < 4.78 is 12.2. The van der Waals surface area contributed by atoms with E-state index in [1.807, 2.05) is 0 Å². The molecule has 0 saturated carbocycles. The van der Waals surface area contributed by atoms with E-state index < -0.39 is 0 Å². The highest BCUT2D eigenvalue weighted by Crippen LogP contribution is 2.36. The van der Waals surface area contributed by atoms with Gasteiger partial charge in [0.2, 0.25) is 0 Å². The van der Waals surface area contributed by atoms with Crippen LogP contribution < -0.4 is 5.46 Å². The summed E-state index contributed by atoms with van der Waals surface area (Å²) in [5, 5.41) is 9.06. The number of hydrogen-bond donors (Lipinski definition) is 0. The van der Waals surface area contributed by atoms with E-state index in [1.54, 1.807) is 0 Å². The van der Waals surface area contributed by atoms with Gasteiger partial charge in [0.05, 0.1) is 11.2 Å². The van der Waals surface area contributed by atoms with Crippen molar-refractivity contribution in [1.82, 2.24) is 0 Å². The van der Waals surface area contributed by atoms with Crippen molar-refractivity contribution in [3.63, 3.8) is 0 Å². The Morgan fingerprint density at radius 1 is 1.05 bits per heavy atom. The van der Waals surface area contributed by atoms with Gasteiger partial charge >= 0.3 is 7.12 Å². The first kappa shape index (κ1) is 13.7. The smallest absolute Gasteiger partial charge is 0.399 e. The van der Waals surface area contributed by atoms with Crippen LogP contribution in [0.1, 0.15) is 38.8 Å². The van der Waals surface area contributed by atoms with E-state index in [0.29, 0.717) is 0 Å². The molecule has 0 aliphatic carbocycles. The lowest BCUT2D eigenvalue weighted by Gasteiger charge is -2.32. The van der Waals surface area contributed by atoms with Crippen molar-refractivity contribution in [1.29, 1.82) is 5.26 Å². The minimum atomic E-state index is -0.314. The number of fused-ring (bicyclic) bond motifs is 1. The molecule has 1 fully saturated rings. The normalized spacial score (nSPS) is 22.8. The number of rotatable bonds is 1. The van der Waals surface area contributed by atoms with Crippen LogP contribution in [0.2, 0.25) is 0 Å². The van der Waals surface area contributed by atoms with E-state index in [2.05, 4.69) is 51.9 Å². The van der Waals surface area contributed by atoms with Crippen LogP contribution in [0, 0.1) is 11.2 Å². The third-order valence-corrected chi connectivity index (χ3v) is 4.87. The minimum absolute atomic E-state index is 0.124. The van der Waals surface area contributed by atoms with Gasteiger partial charge in [0.15, 0.2) is 0 Å². The van der Waals surface area contributed by atoms with Crippen LogP contribution in [0.4, 0.5) is 0 Å². The third-order valence-electron chi connectivity index (χ3n) is 4.87. The summed E-state index contributed by atoms with van der Waals surface area (Å²) in [6.45, 7) is 8.37. The number of nitriles is 1. The van der Waals surface area contributed by atoms with Crippen molar-refractivity contribution in [3.8, 4) is 5.97 Å². The van der Waals surface area contributed by atoms with Gasteiger partial charge in [-0.15, -0.1) is 0 Å². The fourth-order valence-electron chi connectivity index (χ4n) is 2.86. The Labute approximate surface area is 121 Å². The quantitative estimate of drug-likeness (QED) is 0.727. The van der Waals surface area contributed by atoms with Crippen molar-refractivity contribution in [2.24, 2.45) is 0 Å². The lowest BCUT2D eigenvalue weighted by Crippen LogP contribution is -2.41. The van der Waals surface area contributed by atoms with Crippen molar-refractivity contribution in [2.75, 3.05) is 0 Å². The largest absolute Gasteiger partial charge is 0.494 e. The molecule has 2 heterocycles. The zero-order chi connectivity index (χ0) is 14.5. The molecular weight excluding hydrogens is 248 g/mol. The zero-order valence-electron chi connectivity index (χ0n) is 12.6. The second kappa shape index (κ2) is 4.38. The first-order valence-corrected chi connectivity index (χ1v) is 7.19. The molecule has 1 aromatic rings. The van der Waals surface area contributed by atoms with E-state index in [9.17, 15) is 0 Å². The van der Waals surface area contributed by atoms with Crippen molar-refractivity contribution in [3.05, 3.63) is 29.3 Å². The average Bonchev–Trinajstić information content (AvgIpc) is 2.87. The highest BCUT2D eigenvalue weighted by molar-refractivity contribution is 6.67. The van der Waals surface area contributed by atoms with Crippen LogP contribution in [0.25, 0.3) is 0 Å². The van der Waals surface area contributed by atoms with Crippen LogP contribution in [0.3, 0.4) is 0 Å². The fourth-order valence-corrected chi connectivity index (χ4v) is 2.86. The zero-order valence-corrected chi connectivity index (χ0v) is 12.6. The molecule has 1 saturated heterocycles. The summed E-state index contributed by atoms with van der Waals surface area (Å²) in [5.74, 6) is 2.36. The molecule has 2 aliphatic heterocycles. The van der Waals surface area contributed by atoms with Crippen LogP contribution in [-0.2, 0) is 21.9 Å². The molecule has 3 rings (SSSR count). The molecule has 0 amide bonds. The maximum Gasteiger partial charge on any atom is 0.494 e. The van der Waals surface area contributed by atoms with Crippen LogP contribution in [0.15, 0.2) is 18.2 Å². The summed E-state index contributed by atoms with van der Waals surface area (Å²) >= 11 is 0. The molecule has 20 heavy (non-hydrogen) atoms. The summed E-state index contributed by atoms with van der Waals surface area (Å²) in [7, 11) is -0.313. The lowest BCUT2D eigenvalue weighted by molar-refractivity contribution is 0.00578. The van der Waals surface area contributed by atoms with Gasteiger partial charge in [0, 0.05) is 5.97 Å². The Morgan fingerprint density at radius 2 is 1.65 bits per heavy atom. The second-order valence-corrected chi connectivity index (χ2v) is 6.85. The molecule has 3 nitrogen and oxygen atoms in total. The first-order valence-electron chi connectivity index (χ1n) is 7.19. The van der Waals surface area contributed by atoms with Gasteiger partial charge in [-0.1, -0.05) is 29.3 Å². The molecule has 0 aromatic heterocycles. The monoisotopic (exact) mass is 267 g/mol. The van der Waals surface area contributed by atoms with E-state index in [4.69, 9.17) is 14.6 Å². The maximum atomic E-state index is 9.06. The Hall–Kier alpha value is -1.24. The van der Waals surface area contributed by atoms with Gasteiger partial charge in [0.1, 0.15) is 0 Å². The highest BCUT2D eigenvalue weighted by Gasteiger charge is 2.51. The van der Waals surface area contributed by atoms with Crippen molar-refractivity contribution < 1.29 is 9.31 Å². The Kier molecular flexibility index (Phi) is 3.00. The Morgan fingerprint density at radius 3 is 2.25 bits per heavy atom. The average molecular weight is 267 g/mol. The molecule has 102 valence electrons. The number of nitrogens with zero attached hydrogens (tertiary/aromatic N) is 1. The first-order chi connectivity index (χ1) is 9.32. The van der Waals surface area contributed by atoms with Gasteiger partial charge < -0.3 is 9.31 Å². The minimum Gasteiger partial charge on any atom is -0.399 e. The molecule has 0 radical (unpaired) electrons. The van der Waals surface area contributed by atoms with Crippen molar-refractivity contribution in [2.45, 2.75) is 51.5 Å². The third kappa shape index (κ3) is 2.08. The number of benzene rings is 1. The van der Waals surface area contributed by atoms with E-state index in [-0.39, 0.29) is 25.0 Å². The van der Waals surface area contributed by atoms with Gasteiger partial charge in [-0.3, -0.25) is 0 Å². The predicted octanol–water partition coefficient (Wildman–Crippen LogP) is 1.72. The summed E-state index contributed by atoms with van der Waals surface area (Å²) in [5.41, 5.74) is 2.99. The summed E-state index contributed by atoms with van der Waals surface area (Å²) in [4.78, 5) is 0. The maximum absolute atomic E-state index is 9.06. The lowest BCUT2D eigenvalue weighted by atomic mass is 9.49. The summed E-state index contributed by atoms with van der Waals surface area (Å²) in [6, 6.07) is 6.34. The molecule has 0 spiro atoms. The van der Waals surface area contributed by atoms with Crippen LogP contribution in [0.5, 0.6) is 0 Å². The SMILES string of the molecule is CC1(C)OB(c2ccc3c(c2)CB(C#N)C3)OC1(C)C. The van der Waals surface area contributed by atoms with Gasteiger partial charge in [0.25, 0.3) is 6.71 Å². The molecule has 0 atom stereocenters. The molecule has 2 aliphatic rings. The Balaban J connectivity index is 1.86. The fraction of sp³-hybridized carbons (Fsp3) is 0.533. The van der Waals surface area contributed by atoms with E-state index in [0.717, 1.165) is 18.1 Å². The van der Waals surface area contributed by atoms with Gasteiger partial charge in [-0.25, -0.2) is 5.26 Å². The van der Waals surface area contributed by atoms with E-state index in [1.165, 1.54) is 11.1 Å². The second-order valence-electron chi connectivity index (χ2n) is 6.85. The van der Waals surface area contributed by atoms with Gasteiger partial charge in [-0.05, 0) is 45.8 Å². The Bertz CT molecular complexity index is 576. The molecule has 0 N–H and O–H groups in total. The molecule has 0 bridgehead atoms. The molecular formula is C15H19B2NO2. The molecule has 0 unspecified atom stereocenters. The summed E-state index contributed by atoms with van der Waals surface area (Å²) in [6.07, 6.45) is 1.72.